The van der Waals surface area contributed by atoms with E-state index in [1.54, 1.807) is 0 Å². The van der Waals surface area contributed by atoms with Crippen molar-refractivity contribution in [1.29, 1.82) is 0 Å². The molecule has 0 aliphatic rings. The van der Waals surface area contributed by atoms with E-state index in [1.807, 2.05) is 0 Å². The third kappa shape index (κ3) is 7.14. The molecule has 2 nitrogen and oxygen atoms in total. The maximum atomic E-state index is 5.95. The molecule has 0 aliphatic carbocycles. The Kier molecular flexibility index (Phi) is 9.48. The number of anilines is 3. The molecule has 3 aromatic carbocycles. The number of rotatable bonds is 12. The zero-order chi connectivity index (χ0) is 21.9. The van der Waals surface area contributed by atoms with Crippen LogP contribution in [0.2, 0.25) is 0 Å². The summed E-state index contributed by atoms with van der Waals surface area (Å²) in [5.41, 5.74) is 6.10. The van der Waals surface area contributed by atoms with Crippen molar-refractivity contribution < 1.29 is 4.74 Å². The molecule has 0 heterocycles. The quantitative estimate of drug-likeness (QED) is 0.190. The lowest BCUT2D eigenvalue weighted by Gasteiger charge is -2.26. The number of benzene rings is 3. The van der Waals surface area contributed by atoms with Crippen molar-refractivity contribution >= 4 is 33.0 Å². The molecule has 0 aromatic heterocycles. The Labute approximate surface area is 196 Å². The van der Waals surface area contributed by atoms with Crippen molar-refractivity contribution in [1.82, 2.24) is 0 Å². The molecule has 0 aliphatic heterocycles. The van der Waals surface area contributed by atoms with Gasteiger partial charge in [0, 0.05) is 22.4 Å². The van der Waals surface area contributed by atoms with E-state index in [1.165, 1.54) is 36.1 Å². The smallest absolute Gasteiger partial charge is 0.119 e. The Morgan fingerprint density at radius 1 is 0.710 bits per heavy atom. The van der Waals surface area contributed by atoms with E-state index < -0.39 is 0 Å². The monoisotopic (exact) mass is 479 g/mol. The summed E-state index contributed by atoms with van der Waals surface area (Å²) in [6.07, 6.45) is 7.14. The molecule has 3 aromatic rings. The number of ether oxygens (including phenoxy) is 1. The predicted molar refractivity (Wildman–Crippen MR) is 138 cm³/mol. The summed E-state index contributed by atoms with van der Waals surface area (Å²) in [6.45, 7) is 5.15. The Hall–Kier alpha value is -2.26. The molecule has 0 N–H and O–H groups in total. The molecule has 3 heteroatoms. The molecule has 0 bridgehead atoms. The Balaban J connectivity index is 1.79. The second-order valence-corrected chi connectivity index (χ2v) is 8.83. The van der Waals surface area contributed by atoms with E-state index in [4.69, 9.17) is 4.74 Å². The fourth-order valence-corrected chi connectivity index (χ4v) is 3.91. The molecule has 31 heavy (non-hydrogen) atoms. The molecule has 0 saturated heterocycles. The maximum Gasteiger partial charge on any atom is 0.119 e. The van der Waals surface area contributed by atoms with Crippen LogP contribution in [0.15, 0.2) is 72.8 Å². The Morgan fingerprint density at radius 3 is 1.87 bits per heavy atom. The maximum absolute atomic E-state index is 5.95. The molecule has 0 atom stereocenters. The van der Waals surface area contributed by atoms with E-state index in [0.717, 1.165) is 48.3 Å². The third-order valence-corrected chi connectivity index (χ3v) is 6.01. The average Bonchev–Trinajstić information content (AvgIpc) is 2.81. The Morgan fingerprint density at radius 2 is 1.29 bits per heavy atom. The van der Waals surface area contributed by atoms with Gasteiger partial charge in [-0.15, -0.1) is 0 Å². The lowest BCUT2D eigenvalue weighted by atomic mass is 10.1. The van der Waals surface area contributed by atoms with Crippen LogP contribution in [0.4, 0.5) is 17.1 Å². The first-order chi connectivity index (χ1) is 15.2. The second-order valence-electron chi connectivity index (χ2n) is 8.03. The molecule has 0 fully saturated rings. The van der Waals surface area contributed by atoms with Crippen molar-refractivity contribution in [2.45, 2.75) is 52.4 Å². The highest BCUT2D eigenvalue weighted by molar-refractivity contribution is 9.09. The van der Waals surface area contributed by atoms with Crippen LogP contribution in [0.3, 0.4) is 0 Å². The number of nitrogens with zero attached hydrogens (tertiary/aromatic N) is 1. The summed E-state index contributed by atoms with van der Waals surface area (Å²) < 4.78 is 5.95. The molecule has 164 valence electrons. The van der Waals surface area contributed by atoms with E-state index in [-0.39, 0.29) is 0 Å². The Bertz CT molecular complexity index is 888. The number of alkyl halides is 1. The van der Waals surface area contributed by atoms with Crippen molar-refractivity contribution in [3.05, 3.63) is 83.9 Å². The molecular formula is C28H34BrNO. The van der Waals surface area contributed by atoms with E-state index >= 15 is 0 Å². The minimum atomic E-state index is 0.789. The van der Waals surface area contributed by atoms with Crippen molar-refractivity contribution in [3.8, 4) is 5.75 Å². The van der Waals surface area contributed by atoms with Crippen LogP contribution in [-0.4, -0.2) is 11.9 Å². The van der Waals surface area contributed by atoms with Crippen molar-refractivity contribution in [3.63, 3.8) is 0 Å². The minimum absolute atomic E-state index is 0.789. The zero-order valence-electron chi connectivity index (χ0n) is 18.8. The summed E-state index contributed by atoms with van der Waals surface area (Å²) in [5, 5.41) is 1.04. The summed E-state index contributed by atoms with van der Waals surface area (Å²) in [5.74, 6) is 0.939. The first-order valence-electron chi connectivity index (χ1n) is 11.5. The van der Waals surface area contributed by atoms with Crippen molar-refractivity contribution in [2.24, 2.45) is 0 Å². The van der Waals surface area contributed by atoms with Crippen LogP contribution in [-0.2, 0) is 6.42 Å². The van der Waals surface area contributed by atoms with Crippen molar-refractivity contribution in [2.75, 3.05) is 16.8 Å². The van der Waals surface area contributed by atoms with Gasteiger partial charge in [-0.2, -0.15) is 0 Å². The van der Waals surface area contributed by atoms with Gasteiger partial charge in [-0.3, -0.25) is 0 Å². The van der Waals surface area contributed by atoms with Gasteiger partial charge in [0.05, 0.1) is 6.61 Å². The first kappa shape index (κ1) is 23.4. The van der Waals surface area contributed by atoms with Gasteiger partial charge in [0.1, 0.15) is 5.75 Å². The first-order valence-corrected chi connectivity index (χ1v) is 12.6. The largest absolute Gasteiger partial charge is 0.494 e. The van der Waals surface area contributed by atoms with Gasteiger partial charge in [-0.25, -0.2) is 0 Å². The minimum Gasteiger partial charge on any atom is -0.494 e. The summed E-state index contributed by atoms with van der Waals surface area (Å²) in [4.78, 5) is 2.30. The van der Waals surface area contributed by atoms with Gasteiger partial charge < -0.3 is 9.64 Å². The topological polar surface area (TPSA) is 12.5 Å². The van der Waals surface area contributed by atoms with Gasteiger partial charge in [-0.1, -0.05) is 71.9 Å². The van der Waals surface area contributed by atoms with E-state index in [0.29, 0.717) is 0 Å². The van der Waals surface area contributed by atoms with Crippen LogP contribution >= 0.6 is 15.9 Å². The van der Waals surface area contributed by atoms with Gasteiger partial charge in [0.15, 0.2) is 0 Å². The fraction of sp³-hybridized carbons (Fsp3) is 0.357. The third-order valence-electron chi connectivity index (χ3n) is 5.45. The summed E-state index contributed by atoms with van der Waals surface area (Å²) in [7, 11) is 0. The molecule has 0 saturated carbocycles. The molecule has 0 unspecified atom stereocenters. The van der Waals surface area contributed by atoms with Crippen LogP contribution in [0.5, 0.6) is 5.75 Å². The molecule has 0 amide bonds. The van der Waals surface area contributed by atoms with Crippen LogP contribution in [0, 0.1) is 6.92 Å². The second kappa shape index (κ2) is 12.6. The zero-order valence-corrected chi connectivity index (χ0v) is 20.4. The van der Waals surface area contributed by atoms with Gasteiger partial charge in [-0.05, 0) is 80.3 Å². The number of hydrogen-bond donors (Lipinski definition) is 0. The van der Waals surface area contributed by atoms with Gasteiger partial charge in [0.25, 0.3) is 0 Å². The fourth-order valence-electron chi connectivity index (χ4n) is 3.63. The highest BCUT2D eigenvalue weighted by Crippen LogP contribution is 2.35. The lowest BCUT2D eigenvalue weighted by Crippen LogP contribution is -2.10. The number of halogens is 1. The number of hydrogen-bond acceptors (Lipinski definition) is 2. The molecule has 3 rings (SSSR count). The molecule has 0 radical (unpaired) electrons. The predicted octanol–water partition coefficient (Wildman–Crippen LogP) is 8.75. The number of unbranched alkanes of at least 4 members (excludes halogenated alkanes) is 3. The normalized spacial score (nSPS) is 10.8. The molecular weight excluding hydrogens is 446 g/mol. The van der Waals surface area contributed by atoms with Gasteiger partial charge in [0.2, 0.25) is 0 Å². The standard InChI is InChI=1S/C28H34BrNO/c1-3-4-5-6-22-31-28-19-17-27(18-20-28)30(25-13-9-23(2)10-14-25)26-15-11-24(12-16-26)8-7-21-29/h9-20H,3-8,21-22H2,1-2H3. The summed E-state index contributed by atoms with van der Waals surface area (Å²) in [6, 6.07) is 26.1. The van der Waals surface area contributed by atoms with Gasteiger partial charge >= 0.3 is 0 Å². The number of aryl methyl sites for hydroxylation is 2. The van der Waals surface area contributed by atoms with E-state index in [2.05, 4.69) is 107 Å². The van der Waals surface area contributed by atoms with Crippen LogP contribution in [0.1, 0.15) is 50.2 Å². The highest BCUT2D eigenvalue weighted by atomic mass is 79.9. The van der Waals surface area contributed by atoms with Crippen LogP contribution in [0.25, 0.3) is 0 Å². The molecule has 0 spiro atoms. The lowest BCUT2D eigenvalue weighted by molar-refractivity contribution is 0.305. The highest BCUT2D eigenvalue weighted by Gasteiger charge is 2.12. The van der Waals surface area contributed by atoms with E-state index in [9.17, 15) is 0 Å². The summed E-state index contributed by atoms with van der Waals surface area (Å²) >= 11 is 3.53. The average molecular weight is 480 g/mol. The SMILES string of the molecule is CCCCCCOc1ccc(N(c2ccc(C)cc2)c2ccc(CCCBr)cc2)cc1. The van der Waals surface area contributed by atoms with Crippen LogP contribution < -0.4 is 9.64 Å².